The van der Waals surface area contributed by atoms with Gasteiger partial charge in [-0.15, -0.1) is 0 Å². The summed E-state index contributed by atoms with van der Waals surface area (Å²) >= 11 is 11.8. The number of benzene rings is 2. The van der Waals surface area contributed by atoms with Crippen LogP contribution >= 0.6 is 23.2 Å². The quantitative estimate of drug-likeness (QED) is 0.794. The lowest BCUT2D eigenvalue weighted by atomic mass is 10.2. The van der Waals surface area contributed by atoms with E-state index in [2.05, 4.69) is 0 Å². The second-order valence-corrected chi connectivity index (χ2v) is 6.83. The van der Waals surface area contributed by atoms with Crippen LogP contribution in [0.4, 0.5) is 0 Å². The van der Waals surface area contributed by atoms with E-state index >= 15 is 0 Å². The molecule has 0 aliphatic carbocycles. The number of carbonyl (C=O) groups is 2. The number of amides is 2. The van der Waals surface area contributed by atoms with E-state index in [1.165, 1.54) is 0 Å². The van der Waals surface area contributed by atoms with Gasteiger partial charge in [-0.2, -0.15) is 0 Å². The zero-order valence-electron chi connectivity index (χ0n) is 13.6. The fraction of sp³-hybridized carbons (Fsp3) is 0.263. The first-order chi connectivity index (χ1) is 12.0. The summed E-state index contributed by atoms with van der Waals surface area (Å²) in [5.74, 6) is -0.0861. The van der Waals surface area contributed by atoms with Gasteiger partial charge in [0.25, 0.3) is 11.8 Å². The molecule has 0 bridgehead atoms. The Kier molecular flexibility index (Phi) is 5.61. The van der Waals surface area contributed by atoms with Crippen molar-refractivity contribution in [1.29, 1.82) is 0 Å². The van der Waals surface area contributed by atoms with Gasteiger partial charge in [-0.25, -0.2) is 0 Å². The molecule has 2 amide bonds. The average molecular weight is 377 g/mol. The third-order valence-corrected chi connectivity index (χ3v) is 4.72. The number of hydrogen-bond acceptors (Lipinski definition) is 2. The average Bonchev–Trinajstić information content (AvgIpc) is 2.87. The Morgan fingerprint density at radius 3 is 1.92 bits per heavy atom. The molecule has 6 heteroatoms. The monoisotopic (exact) mass is 376 g/mol. The van der Waals surface area contributed by atoms with Crippen LogP contribution in [-0.2, 0) is 0 Å². The molecule has 1 saturated heterocycles. The molecule has 0 spiro atoms. The zero-order chi connectivity index (χ0) is 17.8. The Bertz CT molecular complexity index is 777. The summed E-state index contributed by atoms with van der Waals surface area (Å²) < 4.78 is 0. The first-order valence-corrected chi connectivity index (χ1v) is 8.90. The Morgan fingerprint density at radius 2 is 1.32 bits per heavy atom. The topological polar surface area (TPSA) is 40.6 Å². The second kappa shape index (κ2) is 7.89. The minimum atomic E-state index is -0.0525. The Balaban J connectivity index is 1.67. The lowest BCUT2D eigenvalue weighted by Crippen LogP contribution is -2.37. The molecule has 1 aliphatic heterocycles. The first-order valence-electron chi connectivity index (χ1n) is 8.14. The highest BCUT2D eigenvalue weighted by Crippen LogP contribution is 2.16. The summed E-state index contributed by atoms with van der Waals surface area (Å²) in [5.41, 5.74) is 1.18. The molecule has 0 radical (unpaired) electrons. The van der Waals surface area contributed by atoms with Crippen molar-refractivity contribution in [2.45, 2.75) is 6.42 Å². The molecule has 0 unspecified atom stereocenters. The van der Waals surface area contributed by atoms with E-state index in [1.807, 2.05) is 0 Å². The van der Waals surface area contributed by atoms with Crippen LogP contribution in [0.1, 0.15) is 27.1 Å². The van der Waals surface area contributed by atoms with E-state index in [4.69, 9.17) is 23.2 Å². The molecule has 2 aromatic carbocycles. The van der Waals surface area contributed by atoms with Crippen molar-refractivity contribution in [2.24, 2.45) is 0 Å². The van der Waals surface area contributed by atoms with Crippen LogP contribution in [0.5, 0.6) is 0 Å². The standard InChI is InChI=1S/C19H18Cl2N2O2/c20-16-7-5-14(6-8-16)18(24)22-9-2-10-23(12-11-22)19(25)15-3-1-4-17(21)13-15/h1,3-8,13H,2,9-12H2. The molecule has 130 valence electrons. The molecule has 2 aromatic rings. The van der Waals surface area contributed by atoms with Gasteiger partial charge in [0.1, 0.15) is 0 Å². The highest BCUT2D eigenvalue weighted by Gasteiger charge is 2.23. The fourth-order valence-electron chi connectivity index (χ4n) is 2.90. The zero-order valence-corrected chi connectivity index (χ0v) is 15.1. The number of rotatable bonds is 2. The van der Waals surface area contributed by atoms with E-state index in [9.17, 15) is 9.59 Å². The molecule has 1 aliphatic rings. The molecular formula is C19H18Cl2N2O2. The van der Waals surface area contributed by atoms with Crippen molar-refractivity contribution in [3.8, 4) is 0 Å². The SMILES string of the molecule is O=C(c1ccc(Cl)cc1)N1CCCN(C(=O)c2cccc(Cl)c2)CC1. The van der Waals surface area contributed by atoms with E-state index in [0.29, 0.717) is 47.4 Å². The van der Waals surface area contributed by atoms with Gasteiger partial charge in [0, 0.05) is 47.4 Å². The van der Waals surface area contributed by atoms with Crippen LogP contribution in [0.2, 0.25) is 10.0 Å². The maximum atomic E-state index is 12.6. The van der Waals surface area contributed by atoms with Gasteiger partial charge in [0.05, 0.1) is 0 Å². The summed E-state index contributed by atoms with van der Waals surface area (Å²) in [6, 6.07) is 13.8. The first kappa shape index (κ1) is 17.8. The minimum Gasteiger partial charge on any atom is -0.337 e. The summed E-state index contributed by atoms with van der Waals surface area (Å²) in [6.45, 7) is 2.26. The summed E-state index contributed by atoms with van der Waals surface area (Å²) in [7, 11) is 0. The van der Waals surface area contributed by atoms with Crippen molar-refractivity contribution in [1.82, 2.24) is 9.80 Å². The third kappa shape index (κ3) is 4.33. The van der Waals surface area contributed by atoms with Gasteiger partial charge in [0.15, 0.2) is 0 Å². The number of nitrogens with zero attached hydrogens (tertiary/aromatic N) is 2. The fourth-order valence-corrected chi connectivity index (χ4v) is 3.22. The molecule has 1 heterocycles. The van der Waals surface area contributed by atoms with Crippen molar-refractivity contribution < 1.29 is 9.59 Å². The summed E-state index contributed by atoms with van der Waals surface area (Å²) in [6.07, 6.45) is 0.742. The summed E-state index contributed by atoms with van der Waals surface area (Å²) in [4.78, 5) is 28.8. The molecular weight excluding hydrogens is 359 g/mol. The van der Waals surface area contributed by atoms with Crippen molar-refractivity contribution >= 4 is 35.0 Å². The summed E-state index contributed by atoms with van der Waals surface area (Å²) in [5, 5.41) is 1.14. The lowest BCUT2D eigenvalue weighted by Gasteiger charge is -2.22. The van der Waals surface area contributed by atoms with Crippen LogP contribution in [-0.4, -0.2) is 47.8 Å². The Hall–Kier alpha value is -2.04. The molecule has 0 atom stereocenters. The normalized spacial score (nSPS) is 15.0. The van der Waals surface area contributed by atoms with Gasteiger partial charge < -0.3 is 9.80 Å². The van der Waals surface area contributed by atoms with Gasteiger partial charge in [-0.1, -0.05) is 29.3 Å². The van der Waals surface area contributed by atoms with Gasteiger partial charge in [0.2, 0.25) is 0 Å². The predicted molar refractivity (Wildman–Crippen MR) is 99.3 cm³/mol. The van der Waals surface area contributed by atoms with Gasteiger partial charge >= 0.3 is 0 Å². The van der Waals surface area contributed by atoms with Crippen LogP contribution in [0.15, 0.2) is 48.5 Å². The van der Waals surface area contributed by atoms with Gasteiger partial charge in [-0.05, 0) is 48.9 Å². The maximum absolute atomic E-state index is 12.6. The smallest absolute Gasteiger partial charge is 0.253 e. The maximum Gasteiger partial charge on any atom is 0.253 e. The van der Waals surface area contributed by atoms with Crippen LogP contribution in [0, 0.1) is 0 Å². The van der Waals surface area contributed by atoms with Crippen molar-refractivity contribution in [3.63, 3.8) is 0 Å². The molecule has 3 rings (SSSR count). The minimum absolute atomic E-state index is 0.0336. The highest BCUT2D eigenvalue weighted by atomic mass is 35.5. The molecule has 0 aromatic heterocycles. The molecule has 25 heavy (non-hydrogen) atoms. The number of carbonyl (C=O) groups excluding carboxylic acids is 2. The Morgan fingerprint density at radius 1 is 0.720 bits per heavy atom. The Labute approximate surface area is 156 Å². The molecule has 4 nitrogen and oxygen atoms in total. The number of hydrogen-bond donors (Lipinski definition) is 0. The van der Waals surface area contributed by atoms with Gasteiger partial charge in [-0.3, -0.25) is 9.59 Å². The molecule has 0 saturated carbocycles. The largest absolute Gasteiger partial charge is 0.337 e. The van der Waals surface area contributed by atoms with Crippen LogP contribution in [0.25, 0.3) is 0 Å². The molecule has 1 fully saturated rings. The van der Waals surface area contributed by atoms with Crippen LogP contribution < -0.4 is 0 Å². The van der Waals surface area contributed by atoms with Crippen molar-refractivity contribution in [3.05, 3.63) is 69.7 Å². The van der Waals surface area contributed by atoms with Crippen LogP contribution in [0.3, 0.4) is 0 Å². The van der Waals surface area contributed by atoms with E-state index in [0.717, 1.165) is 6.42 Å². The second-order valence-electron chi connectivity index (χ2n) is 5.96. The van der Waals surface area contributed by atoms with E-state index in [-0.39, 0.29) is 11.8 Å². The third-order valence-electron chi connectivity index (χ3n) is 4.23. The number of halogens is 2. The van der Waals surface area contributed by atoms with E-state index in [1.54, 1.807) is 58.3 Å². The highest BCUT2D eigenvalue weighted by molar-refractivity contribution is 6.31. The van der Waals surface area contributed by atoms with Crippen molar-refractivity contribution in [2.75, 3.05) is 26.2 Å². The molecule has 0 N–H and O–H groups in total. The van der Waals surface area contributed by atoms with E-state index < -0.39 is 0 Å². The lowest BCUT2D eigenvalue weighted by molar-refractivity contribution is 0.0719. The predicted octanol–water partition coefficient (Wildman–Crippen LogP) is 3.98.